The van der Waals surface area contributed by atoms with Crippen LogP contribution in [0.15, 0.2) is 60.7 Å². The first-order valence-electron chi connectivity index (χ1n) is 17.9. The average Bonchev–Trinajstić information content (AvgIpc) is 3.32. The van der Waals surface area contributed by atoms with Gasteiger partial charge in [0.2, 0.25) is 8.32 Å². The second-order valence-corrected chi connectivity index (χ2v) is 18.8. The Labute approximate surface area is 280 Å². The lowest BCUT2D eigenvalue weighted by molar-refractivity contribution is 0.214. The second kappa shape index (κ2) is 16.3. The van der Waals surface area contributed by atoms with E-state index in [1.807, 2.05) is 0 Å². The number of fused-ring (bicyclic) bond motifs is 1. The number of likely N-dealkylation sites (tertiary alicyclic amines) is 1. The van der Waals surface area contributed by atoms with Crippen LogP contribution in [0.5, 0.6) is 17.2 Å². The number of hydrogen-bond acceptors (Lipinski definition) is 5. The normalized spacial score (nSPS) is 18.1. The van der Waals surface area contributed by atoms with Gasteiger partial charge >= 0.3 is 0 Å². The van der Waals surface area contributed by atoms with E-state index in [-0.39, 0.29) is 5.92 Å². The Balaban J connectivity index is 1.25. The zero-order valence-electron chi connectivity index (χ0n) is 29.2. The maximum atomic E-state index is 6.59. The van der Waals surface area contributed by atoms with Gasteiger partial charge in [-0.2, -0.15) is 0 Å². The molecule has 1 saturated heterocycles. The Hall–Kier alpha value is -2.80. The molecule has 3 aromatic rings. The Morgan fingerprint density at radius 1 is 0.870 bits per heavy atom. The maximum Gasteiger partial charge on any atom is 0.245 e. The van der Waals surface area contributed by atoms with Gasteiger partial charge in [-0.1, -0.05) is 51.0 Å². The molecule has 2 N–H and O–H groups in total. The number of benzene rings is 3. The molecule has 5 nitrogen and oxygen atoms in total. The Morgan fingerprint density at radius 3 is 2.28 bits per heavy atom. The third kappa shape index (κ3) is 9.62. The summed E-state index contributed by atoms with van der Waals surface area (Å²) in [6.07, 6.45) is 9.49. The smallest absolute Gasteiger partial charge is 0.245 e. The van der Waals surface area contributed by atoms with E-state index in [1.54, 1.807) is 7.11 Å². The first-order chi connectivity index (χ1) is 22.2. The molecule has 250 valence electrons. The van der Waals surface area contributed by atoms with E-state index in [2.05, 4.69) is 92.5 Å². The van der Waals surface area contributed by atoms with Crippen LogP contribution in [-0.4, -0.2) is 53.1 Å². The van der Waals surface area contributed by atoms with Gasteiger partial charge in [0, 0.05) is 12.5 Å². The molecule has 6 heteroatoms. The van der Waals surface area contributed by atoms with Crippen molar-refractivity contribution in [3.63, 3.8) is 0 Å². The van der Waals surface area contributed by atoms with Crippen LogP contribution in [0.4, 0.5) is 0 Å². The first kappa shape index (κ1) is 34.5. The third-order valence-corrected chi connectivity index (χ3v) is 12.5. The Morgan fingerprint density at radius 2 is 1.59 bits per heavy atom. The monoisotopic (exact) mass is 642 g/mol. The van der Waals surface area contributed by atoms with Crippen molar-refractivity contribution in [2.45, 2.75) is 96.2 Å². The summed E-state index contributed by atoms with van der Waals surface area (Å²) < 4.78 is 18.4. The molecule has 1 heterocycles. The van der Waals surface area contributed by atoms with Gasteiger partial charge in [-0.15, -0.1) is 0 Å². The minimum absolute atomic E-state index is 0.213. The number of rotatable bonds is 14. The molecule has 3 aromatic carbocycles. The van der Waals surface area contributed by atoms with E-state index in [0.29, 0.717) is 18.4 Å². The van der Waals surface area contributed by atoms with Crippen LogP contribution in [0.1, 0.15) is 85.6 Å². The summed E-state index contributed by atoms with van der Waals surface area (Å²) in [5.74, 6) is 4.23. The van der Waals surface area contributed by atoms with Crippen LogP contribution in [0.3, 0.4) is 0 Å². The molecule has 1 aliphatic heterocycles. The van der Waals surface area contributed by atoms with Gasteiger partial charge in [-0.25, -0.2) is 0 Å². The highest BCUT2D eigenvalue weighted by Gasteiger charge is 2.28. The van der Waals surface area contributed by atoms with Gasteiger partial charge in [0.25, 0.3) is 0 Å². The van der Waals surface area contributed by atoms with Crippen molar-refractivity contribution in [2.24, 2.45) is 11.7 Å². The van der Waals surface area contributed by atoms with Crippen LogP contribution >= 0.6 is 0 Å². The summed E-state index contributed by atoms with van der Waals surface area (Å²) in [6.45, 7) is 14.0. The second-order valence-electron chi connectivity index (χ2n) is 14.7. The number of nitrogens with two attached hydrogens (primary N) is 1. The largest absolute Gasteiger partial charge is 0.544 e. The molecule has 0 saturated carbocycles. The highest BCUT2D eigenvalue weighted by atomic mass is 28.4. The molecule has 0 amide bonds. The zero-order chi connectivity index (χ0) is 32.5. The van der Waals surface area contributed by atoms with Gasteiger partial charge in [-0.05, 0) is 153 Å². The fourth-order valence-corrected chi connectivity index (χ4v) is 10.6. The van der Waals surface area contributed by atoms with Crippen LogP contribution < -0.4 is 19.6 Å². The lowest BCUT2D eigenvalue weighted by Gasteiger charge is -2.31. The average molecular weight is 643 g/mol. The zero-order valence-corrected chi connectivity index (χ0v) is 30.2. The molecule has 0 radical (unpaired) electrons. The third-order valence-electron chi connectivity index (χ3n) is 9.94. The molecular weight excluding hydrogens is 585 g/mol. The van der Waals surface area contributed by atoms with Crippen molar-refractivity contribution in [3.05, 3.63) is 88.5 Å². The highest BCUT2D eigenvalue weighted by Crippen LogP contribution is 2.40. The van der Waals surface area contributed by atoms with Crippen molar-refractivity contribution in [3.8, 4) is 17.2 Å². The van der Waals surface area contributed by atoms with Crippen molar-refractivity contribution < 1.29 is 13.9 Å². The molecule has 46 heavy (non-hydrogen) atoms. The van der Waals surface area contributed by atoms with E-state index in [0.717, 1.165) is 56.1 Å². The van der Waals surface area contributed by atoms with E-state index >= 15 is 0 Å². The van der Waals surface area contributed by atoms with Crippen molar-refractivity contribution >= 4 is 8.32 Å². The molecule has 2 atom stereocenters. The van der Waals surface area contributed by atoms with E-state index in [1.165, 1.54) is 72.6 Å². The van der Waals surface area contributed by atoms with Gasteiger partial charge in [0.1, 0.15) is 23.9 Å². The van der Waals surface area contributed by atoms with Crippen molar-refractivity contribution in [2.75, 3.05) is 39.9 Å². The number of methoxy groups -OCH3 is 1. The van der Waals surface area contributed by atoms with Crippen molar-refractivity contribution in [1.29, 1.82) is 0 Å². The van der Waals surface area contributed by atoms with Crippen LogP contribution in [-0.2, 0) is 19.3 Å². The molecule has 5 rings (SSSR count). The minimum Gasteiger partial charge on any atom is -0.544 e. The predicted octanol–water partition coefficient (Wildman–Crippen LogP) is 8.75. The molecule has 2 unspecified atom stereocenters. The number of nitrogens with zero attached hydrogens (tertiary/aromatic N) is 1. The standard InChI is InChI=1S/C40H58N2O3Si/c1-30(2)29-46(4,5)45-38-17-14-32-25-34(13-12-33(32)26-38)39-19-18-37(43-3)27-40(39)35(28-41)24-31-10-15-36(16-11-31)44-23-22-42-20-8-6-7-9-21-42/h10-11,14-19,26-27,30,34-35H,6-9,12-13,20-25,28-29,41H2,1-5H3. The molecule has 0 spiro atoms. The Kier molecular flexibility index (Phi) is 12.3. The SMILES string of the molecule is COc1ccc(C2CCc3cc(O[Si](C)(C)CC(C)C)ccc3C2)c(C(CN)Cc2ccc(OCCN3CCCCCC3)cc2)c1. The molecule has 0 bridgehead atoms. The quantitative estimate of drug-likeness (QED) is 0.178. The first-order valence-corrected chi connectivity index (χ1v) is 21.0. The topological polar surface area (TPSA) is 57.0 Å². The molecule has 2 aliphatic rings. The fraction of sp³-hybridized carbons (Fsp3) is 0.550. The minimum atomic E-state index is -1.73. The number of ether oxygens (including phenoxy) is 2. The van der Waals surface area contributed by atoms with Crippen molar-refractivity contribution in [1.82, 2.24) is 4.90 Å². The van der Waals surface area contributed by atoms with E-state index < -0.39 is 8.32 Å². The lowest BCUT2D eigenvalue weighted by Crippen LogP contribution is -2.35. The Bertz CT molecular complexity index is 1380. The number of hydrogen-bond donors (Lipinski definition) is 1. The highest BCUT2D eigenvalue weighted by molar-refractivity contribution is 6.71. The van der Waals surface area contributed by atoms with Crippen LogP contribution in [0.2, 0.25) is 19.1 Å². The van der Waals surface area contributed by atoms with Crippen LogP contribution in [0, 0.1) is 5.92 Å². The maximum absolute atomic E-state index is 6.59. The summed E-state index contributed by atoms with van der Waals surface area (Å²) in [5.41, 5.74) is 13.4. The number of aryl methyl sites for hydroxylation is 1. The summed E-state index contributed by atoms with van der Waals surface area (Å²) >= 11 is 0. The van der Waals surface area contributed by atoms with Crippen LogP contribution in [0.25, 0.3) is 0 Å². The summed E-state index contributed by atoms with van der Waals surface area (Å²) in [5, 5.41) is 0. The lowest BCUT2D eigenvalue weighted by atomic mass is 9.76. The molecular formula is C40H58N2O3Si. The molecule has 1 fully saturated rings. The predicted molar refractivity (Wildman–Crippen MR) is 194 cm³/mol. The van der Waals surface area contributed by atoms with Gasteiger partial charge < -0.3 is 19.6 Å². The summed E-state index contributed by atoms with van der Waals surface area (Å²) in [4.78, 5) is 2.55. The van der Waals surface area contributed by atoms with E-state index in [4.69, 9.17) is 19.6 Å². The summed E-state index contributed by atoms with van der Waals surface area (Å²) in [7, 11) is 0.0191. The van der Waals surface area contributed by atoms with Gasteiger partial charge in [-0.3, -0.25) is 4.90 Å². The fourth-order valence-electron chi connectivity index (χ4n) is 7.79. The van der Waals surface area contributed by atoms with Gasteiger partial charge in [0.15, 0.2) is 0 Å². The molecule has 0 aromatic heterocycles. The summed E-state index contributed by atoms with van der Waals surface area (Å²) in [6, 6.07) is 23.3. The van der Waals surface area contributed by atoms with E-state index in [9.17, 15) is 0 Å². The van der Waals surface area contributed by atoms with Gasteiger partial charge in [0.05, 0.1) is 7.11 Å². The molecule has 1 aliphatic carbocycles.